The minimum Gasteiger partial charge on any atom is -0.481 e. The summed E-state index contributed by atoms with van der Waals surface area (Å²) >= 11 is 0. The van der Waals surface area contributed by atoms with Gasteiger partial charge in [-0.15, -0.1) is 0 Å². The largest absolute Gasteiger partial charge is 0.481 e. The lowest BCUT2D eigenvalue weighted by Crippen LogP contribution is -2.54. The number of hydrogen-bond donors (Lipinski definition) is 4. The van der Waals surface area contributed by atoms with Crippen LogP contribution in [0.1, 0.15) is 18.1 Å². The third kappa shape index (κ3) is 7.56. The molecule has 5 N–H and O–H groups in total. The van der Waals surface area contributed by atoms with Gasteiger partial charge in [0.1, 0.15) is 12.6 Å². The van der Waals surface area contributed by atoms with Gasteiger partial charge in [0, 0.05) is 0 Å². The molecule has 3 amide bonds. The highest BCUT2D eigenvalue weighted by atomic mass is 16.5. The number of carboxylic acids is 1. The molecule has 0 aliphatic heterocycles. The Balaban J connectivity index is 1.86. The summed E-state index contributed by atoms with van der Waals surface area (Å²) in [6, 6.07) is 15.1. The molecule has 0 fully saturated rings. The molecule has 0 radical (unpaired) electrons. The number of imide groups is 1. The van der Waals surface area contributed by atoms with Gasteiger partial charge in [0.2, 0.25) is 5.91 Å². The smallest absolute Gasteiger partial charge is 0.414 e. The Morgan fingerprint density at radius 1 is 0.935 bits per heavy atom. The Morgan fingerprint density at radius 3 is 2.03 bits per heavy atom. The molecule has 0 aromatic heterocycles. The summed E-state index contributed by atoms with van der Waals surface area (Å²) in [7, 11) is 0. The van der Waals surface area contributed by atoms with Crippen LogP contribution < -0.4 is 16.4 Å². The van der Waals surface area contributed by atoms with Crippen molar-refractivity contribution in [3.8, 4) is 0 Å². The van der Waals surface area contributed by atoms with Gasteiger partial charge in [0.15, 0.2) is 0 Å². The van der Waals surface area contributed by atoms with E-state index in [4.69, 9.17) is 10.5 Å². The fourth-order valence-corrected chi connectivity index (χ4v) is 2.76. The Bertz CT molecular complexity index is 904. The van der Waals surface area contributed by atoms with Crippen molar-refractivity contribution in [2.24, 2.45) is 11.7 Å². The summed E-state index contributed by atoms with van der Waals surface area (Å²) in [4.78, 5) is 47.9. The van der Waals surface area contributed by atoms with E-state index in [0.29, 0.717) is 5.56 Å². The van der Waals surface area contributed by atoms with Crippen LogP contribution in [-0.4, -0.2) is 41.1 Å². The van der Waals surface area contributed by atoms with Crippen LogP contribution in [0.4, 0.5) is 4.79 Å². The van der Waals surface area contributed by atoms with Crippen molar-refractivity contribution in [1.29, 1.82) is 0 Å². The molecule has 0 saturated heterocycles. The van der Waals surface area contributed by atoms with Crippen LogP contribution in [0.2, 0.25) is 0 Å². The molecule has 9 heteroatoms. The number of nitrogens with two attached hydrogens (primary N) is 1. The molecule has 0 aliphatic carbocycles. The third-order valence-corrected chi connectivity index (χ3v) is 4.54. The van der Waals surface area contributed by atoms with Crippen LogP contribution in [0, 0.1) is 5.92 Å². The number of hydrogen-bond acceptors (Lipinski definition) is 6. The Hall–Kier alpha value is -3.72. The van der Waals surface area contributed by atoms with Gasteiger partial charge in [-0.05, 0) is 24.5 Å². The molecule has 0 aliphatic rings. The van der Waals surface area contributed by atoms with E-state index in [1.165, 1.54) is 6.92 Å². The molecular formula is C22H25N3O6. The normalized spacial score (nSPS) is 13.4. The van der Waals surface area contributed by atoms with E-state index in [0.717, 1.165) is 5.56 Å². The van der Waals surface area contributed by atoms with Crippen molar-refractivity contribution < 1.29 is 29.0 Å². The van der Waals surface area contributed by atoms with Crippen LogP contribution in [0.15, 0.2) is 60.7 Å². The van der Waals surface area contributed by atoms with Crippen molar-refractivity contribution in [3.63, 3.8) is 0 Å². The van der Waals surface area contributed by atoms with Gasteiger partial charge in [-0.1, -0.05) is 60.7 Å². The summed E-state index contributed by atoms with van der Waals surface area (Å²) in [5.74, 6) is -4.04. The molecule has 164 valence electrons. The van der Waals surface area contributed by atoms with Gasteiger partial charge >= 0.3 is 12.1 Å². The maximum absolute atomic E-state index is 12.4. The zero-order valence-electron chi connectivity index (χ0n) is 17.0. The van der Waals surface area contributed by atoms with Crippen LogP contribution in [0.3, 0.4) is 0 Å². The molecule has 2 aromatic carbocycles. The number of carboxylic acid groups (broad SMARTS) is 1. The standard InChI is InChI=1S/C22H25N3O6/c1-14(19(26)25-22(30)31-13-16-10-6-3-7-11-16)24-20(27)18(23)17(21(28)29)12-15-8-4-2-5-9-15/h2-11,14,17-18H,12-13,23H2,1H3,(H,24,27)(H,28,29)(H,25,26,30)/t14-,17?,18+/m1/s1. The first kappa shape index (κ1) is 23.6. The van der Waals surface area contributed by atoms with Crippen LogP contribution in [-0.2, 0) is 32.1 Å². The van der Waals surface area contributed by atoms with Crippen molar-refractivity contribution in [2.75, 3.05) is 0 Å². The van der Waals surface area contributed by atoms with E-state index in [9.17, 15) is 24.3 Å². The number of aliphatic carboxylic acids is 1. The number of benzene rings is 2. The quantitative estimate of drug-likeness (QED) is 0.470. The first-order valence-electron chi connectivity index (χ1n) is 9.62. The summed E-state index contributed by atoms with van der Waals surface area (Å²) < 4.78 is 4.95. The lowest BCUT2D eigenvalue weighted by atomic mass is 9.92. The fourth-order valence-electron chi connectivity index (χ4n) is 2.76. The highest BCUT2D eigenvalue weighted by molar-refractivity contribution is 5.97. The van der Waals surface area contributed by atoms with Gasteiger partial charge < -0.3 is 20.9 Å². The Morgan fingerprint density at radius 2 is 1.48 bits per heavy atom. The van der Waals surface area contributed by atoms with Gasteiger partial charge in [-0.25, -0.2) is 4.79 Å². The summed E-state index contributed by atoms with van der Waals surface area (Å²) in [6.45, 7) is 1.32. The second-order valence-corrected chi connectivity index (χ2v) is 6.94. The second kappa shape index (κ2) is 11.5. The lowest BCUT2D eigenvalue weighted by Gasteiger charge is -2.21. The van der Waals surface area contributed by atoms with E-state index in [2.05, 4.69) is 5.32 Å². The average Bonchev–Trinajstić information content (AvgIpc) is 2.76. The van der Waals surface area contributed by atoms with Crippen molar-refractivity contribution >= 4 is 23.9 Å². The van der Waals surface area contributed by atoms with E-state index < -0.39 is 41.9 Å². The molecule has 2 rings (SSSR count). The molecule has 0 spiro atoms. The minimum atomic E-state index is -1.39. The lowest BCUT2D eigenvalue weighted by molar-refractivity contribution is -0.145. The highest BCUT2D eigenvalue weighted by Crippen LogP contribution is 2.12. The van der Waals surface area contributed by atoms with Gasteiger partial charge in [-0.2, -0.15) is 0 Å². The molecule has 1 unspecified atom stereocenters. The molecule has 0 saturated carbocycles. The molecule has 0 heterocycles. The van der Waals surface area contributed by atoms with Gasteiger partial charge in [0.25, 0.3) is 5.91 Å². The van der Waals surface area contributed by atoms with Crippen LogP contribution >= 0.6 is 0 Å². The van der Waals surface area contributed by atoms with E-state index in [1.807, 2.05) is 11.4 Å². The van der Waals surface area contributed by atoms with E-state index >= 15 is 0 Å². The number of carbonyl (C=O) groups excluding carboxylic acids is 3. The predicted molar refractivity (Wildman–Crippen MR) is 112 cm³/mol. The monoisotopic (exact) mass is 427 g/mol. The maximum Gasteiger partial charge on any atom is 0.414 e. The summed E-state index contributed by atoms with van der Waals surface area (Å²) in [5, 5.41) is 13.8. The Kier molecular flexibility index (Phi) is 8.71. The summed E-state index contributed by atoms with van der Waals surface area (Å²) in [6.07, 6.45) is -0.913. The second-order valence-electron chi connectivity index (χ2n) is 6.94. The number of ether oxygens (including phenoxy) is 1. The van der Waals surface area contributed by atoms with Crippen molar-refractivity contribution in [3.05, 3.63) is 71.8 Å². The molecule has 0 bridgehead atoms. The number of amides is 3. The number of alkyl carbamates (subject to hydrolysis) is 1. The zero-order valence-corrected chi connectivity index (χ0v) is 17.0. The SMILES string of the molecule is C[C@@H](NC(=O)[C@@H](N)C(Cc1ccccc1)C(=O)O)C(=O)NC(=O)OCc1ccccc1. The maximum atomic E-state index is 12.4. The van der Waals surface area contributed by atoms with Crippen molar-refractivity contribution in [2.45, 2.75) is 32.0 Å². The molecular weight excluding hydrogens is 402 g/mol. The topological polar surface area (TPSA) is 148 Å². The average molecular weight is 427 g/mol. The minimum absolute atomic E-state index is 0.0225. The third-order valence-electron chi connectivity index (χ3n) is 4.54. The summed E-state index contributed by atoms with van der Waals surface area (Å²) in [5.41, 5.74) is 7.31. The predicted octanol–water partition coefficient (Wildman–Crippen LogP) is 1.21. The van der Waals surface area contributed by atoms with Gasteiger partial charge in [0.05, 0.1) is 12.0 Å². The van der Waals surface area contributed by atoms with Crippen molar-refractivity contribution in [1.82, 2.24) is 10.6 Å². The first-order chi connectivity index (χ1) is 14.8. The number of nitrogens with one attached hydrogen (secondary N) is 2. The molecule has 2 aromatic rings. The first-order valence-corrected chi connectivity index (χ1v) is 9.62. The Labute approximate surface area is 179 Å². The number of carbonyl (C=O) groups is 4. The molecule has 3 atom stereocenters. The zero-order chi connectivity index (χ0) is 22.8. The number of rotatable bonds is 9. The van der Waals surface area contributed by atoms with E-state index in [1.54, 1.807) is 54.6 Å². The molecule has 31 heavy (non-hydrogen) atoms. The highest BCUT2D eigenvalue weighted by Gasteiger charge is 2.32. The molecule has 9 nitrogen and oxygen atoms in total. The fraction of sp³-hybridized carbons (Fsp3) is 0.273. The van der Waals surface area contributed by atoms with Crippen LogP contribution in [0.5, 0.6) is 0 Å². The van der Waals surface area contributed by atoms with Crippen LogP contribution in [0.25, 0.3) is 0 Å². The van der Waals surface area contributed by atoms with E-state index in [-0.39, 0.29) is 13.0 Å². The van der Waals surface area contributed by atoms with Gasteiger partial charge in [-0.3, -0.25) is 19.7 Å².